The molecule has 1 atom stereocenters. The second kappa shape index (κ2) is 8.66. The number of benzene rings is 2. The summed E-state index contributed by atoms with van der Waals surface area (Å²) in [7, 11) is 2.45. The number of ether oxygens (including phenoxy) is 3. The molecule has 0 aromatic heterocycles. The number of esters is 2. The molecule has 26 heavy (non-hydrogen) atoms. The number of amides is 1. The van der Waals surface area contributed by atoms with Gasteiger partial charge in [0.05, 0.1) is 25.3 Å². The molecule has 2 aromatic carbocycles. The van der Waals surface area contributed by atoms with E-state index in [1.165, 1.54) is 32.4 Å². The predicted molar refractivity (Wildman–Crippen MR) is 94.3 cm³/mol. The topological polar surface area (TPSA) is 90.9 Å². The maximum atomic E-state index is 12.3. The standard InChI is InChI=1S/C19H19NO6/c1-12(26-16-7-5-4-6-8-16)17(21)20-15-10-13(18(22)24-2)9-14(11-15)19(23)25-3/h4-12H,1-3H3,(H,20,21). The van der Waals surface area contributed by atoms with Crippen LogP contribution in [0.2, 0.25) is 0 Å². The zero-order valence-corrected chi connectivity index (χ0v) is 14.6. The van der Waals surface area contributed by atoms with Crippen molar-refractivity contribution in [3.8, 4) is 5.75 Å². The van der Waals surface area contributed by atoms with E-state index < -0.39 is 23.9 Å². The van der Waals surface area contributed by atoms with Gasteiger partial charge >= 0.3 is 11.9 Å². The van der Waals surface area contributed by atoms with Crippen LogP contribution in [0.5, 0.6) is 5.75 Å². The third kappa shape index (κ3) is 4.83. The van der Waals surface area contributed by atoms with Gasteiger partial charge in [0.2, 0.25) is 0 Å². The largest absolute Gasteiger partial charge is 0.481 e. The van der Waals surface area contributed by atoms with Crippen molar-refractivity contribution < 1.29 is 28.6 Å². The Bertz CT molecular complexity index is 769. The summed E-state index contributed by atoms with van der Waals surface area (Å²) in [5.41, 5.74) is 0.478. The molecule has 1 N–H and O–H groups in total. The molecular weight excluding hydrogens is 338 g/mol. The van der Waals surface area contributed by atoms with Gasteiger partial charge in [0.25, 0.3) is 5.91 Å². The minimum absolute atomic E-state index is 0.113. The maximum absolute atomic E-state index is 12.3. The van der Waals surface area contributed by atoms with Crippen LogP contribution in [0.15, 0.2) is 48.5 Å². The molecule has 0 saturated carbocycles. The second-order valence-electron chi connectivity index (χ2n) is 5.34. The van der Waals surface area contributed by atoms with Crippen LogP contribution in [-0.2, 0) is 14.3 Å². The highest BCUT2D eigenvalue weighted by atomic mass is 16.5. The van der Waals surface area contributed by atoms with E-state index in [0.29, 0.717) is 5.75 Å². The third-order valence-corrected chi connectivity index (χ3v) is 3.47. The van der Waals surface area contributed by atoms with Crippen LogP contribution >= 0.6 is 0 Å². The summed E-state index contributed by atoms with van der Waals surface area (Å²) in [6, 6.07) is 13.0. The Morgan fingerprint density at radius 1 is 0.885 bits per heavy atom. The fourth-order valence-electron chi connectivity index (χ4n) is 2.17. The number of para-hydroxylation sites is 1. The summed E-state index contributed by atoms with van der Waals surface area (Å²) in [6.45, 7) is 1.59. The molecule has 2 aromatic rings. The van der Waals surface area contributed by atoms with E-state index in [2.05, 4.69) is 14.8 Å². The van der Waals surface area contributed by atoms with Gasteiger partial charge in [0, 0.05) is 5.69 Å². The van der Waals surface area contributed by atoms with Gasteiger partial charge in [-0.3, -0.25) is 4.79 Å². The number of methoxy groups -OCH3 is 2. The number of rotatable bonds is 6. The van der Waals surface area contributed by atoms with Gasteiger partial charge in [-0.1, -0.05) is 18.2 Å². The van der Waals surface area contributed by atoms with Gasteiger partial charge in [-0.25, -0.2) is 9.59 Å². The lowest BCUT2D eigenvalue weighted by Crippen LogP contribution is -2.30. The van der Waals surface area contributed by atoms with Crippen molar-refractivity contribution >= 4 is 23.5 Å². The van der Waals surface area contributed by atoms with E-state index in [-0.39, 0.29) is 16.8 Å². The van der Waals surface area contributed by atoms with Crippen LogP contribution in [0, 0.1) is 0 Å². The second-order valence-corrected chi connectivity index (χ2v) is 5.34. The summed E-state index contributed by atoms with van der Waals surface area (Å²) in [5, 5.41) is 2.62. The average molecular weight is 357 g/mol. The summed E-state index contributed by atoms with van der Waals surface area (Å²) in [6.07, 6.45) is -0.791. The minimum Gasteiger partial charge on any atom is -0.481 e. The molecular formula is C19H19NO6. The van der Waals surface area contributed by atoms with Crippen LogP contribution in [0.3, 0.4) is 0 Å². The summed E-state index contributed by atoms with van der Waals surface area (Å²) < 4.78 is 14.9. The molecule has 7 heteroatoms. The molecule has 0 heterocycles. The SMILES string of the molecule is COC(=O)c1cc(NC(=O)C(C)Oc2ccccc2)cc(C(=O)OC)c1. The highest BCUT2D eigenvalue weighted by Gasteiger charge is 2.18. The van der Waals surface area contributed by atoms with Crippen molar-refractivity contribution in [2.75, 3.05) is 19.5 Å². The first-order valence-electron chi connectivity index (χ1n) is 7.79. The number of hydrogen-bond donors (Lipinski definition) is 1. The predicted octanol–water partition coefficient (Wildman–Crippen LogP) is 2.67. The van der Waals surface area contributed by atoms with Gasteiger partial charge in [0.15, 0.2) is 6.10 Å². The van der Waals surface area contributed by atoms with E-state index in [4.69, 9.17) is 4.74 Å². The molecule has 1 unspecified atom stereocenters. The monoisotopic (exact) mass is 357 g/mol. The fourth-order valence-corrected chi connectivity index (χ4v) is 2.17. The lowest BCUT2D eigenvalue weighted by Gasteiger charge is -2.15. The van der Waals surface area contributed by atoms with Gasteiger partial charge in [-0.05, 0) is 37.3 Å². The molecule has 0 bridgehead atoms. The van der Waals surface area contributed by atoms with Gasteiger partial charge < -0.3 is 19.5 Å². The van der Waals surface area contributed by atoms with Crippen molar-refractivity contribution in [2.24, 2.45) is 0 Å². The summed E-state index contributed by atoms with van der Waals surface area (Å²) >= 11 is 0. The van der Waals surface area contributed by atoms with E-state index >= 15 is 0 Å². The summed E-state index contributed by atoms with van der Waals surface area (Å²) in [4.78, 5) is 35.9. The first-order chi connectivity index (χ1) is 12.4. The van der Waals surface area contributed by atoms with Gasteiger partial charge in [0.1, 0.15) is 5.75 Å². The number of anilines is 1. The van der Waals surface area contributed by atoms with Crippen molar-refractivity contribution in [1.82, 2.24) is 0 Å². The number of nitrogens with one attached hydrogen (secondary N) is 1. The van der Waals surface area contributed by atoms with Crippen LogP contribution in [0.4, 0.5) is 5.69 Å². The van der Waals surface area contributed by atoms with E-state index in [0.717, 1.165) is 0 Å². The van der Waals surface area contributed by atoms with Crippen molar-refractivity contribution in [2.45, 2.75) is 13.0 Å². The molecule has 0 aliphatic carbocycles. The molecule has 0 fully saturated rings. The lowest BCUT2D eigenvalue weighted by molar-refractivity contribution is -0.122. The Labute approximate surface area is 150 Å². The Balaban J connectivity index is 2.19. The minimum atomic E-state index is -0.791. The zero-order valence-electron chi connectivity index (χ0n) is 14.6. The first-order valence-corrected chi connectivity index (χ1v) is 7.79. The Morgan fingerprint density at radius 3 is 1.92 bits per heavy atom. The number of carbonyl (C=O) groups excluding carboxylic acids is 3. The third-order valence-electron chi connectivity index (χ3n) is 3.47. The van der Waals surface area contributed by atoms with E-state index in [1.54, 1.807) is 31.2 Å². The van der Waals surface area contributed by atoms with Crippen LogP contribution in [-0.4, -0.2) is 38.2 Å². The van der Waals surface area contributed by atoms with E-state index in [1.807, 2.05) is 6.07 Å². The highest BCUT2D eigenvalue weighted by Crippen LogP contribution is 2.18. The molecule has 1 amide bonds. The highest BCUT2D eigenvalue weighted by molar-refractivity contribution is 6.00. The molecule has 0 saturated heterocycles. The number of hydrogen-bond acceptors (Lipinski definition) is 6. The van der Waals surface area contributed by atoms with Crippen LogP contribution in [0.25, 0.3) is 0 Å². The molecule has 0 radical (unpaired) electrons. The Kier molecular flexibility index (Phi) is 6.32. The lowest BCUT2D eigenvalue weighted by atomic mass is 10.1. The Hall–Kier alpha value is -3.35. The first kappa shape index (κ1) is 19.0. The fraction of sp³-hybridized carbons (Fsp3) is 0.211. The quantitative estimate of drug-likeness (QED) is 0.799. The van der Waals surface area contributed by atoms with Crippen LogP contribution in [0.1, 0.15) is 27.6 Å². The van der Waals surface area contributed by atoms with Crippen molar-refractivity contribution in [1.29, 1.82) is 0 Å². The molecule has 136 valence electrons. The smallest absolute Gasteiger partial charge is 0.337 e. The van der Waals surface area contributed by atoms with Crippen molar-refractivity contribution in [3.05, 3.63) is 59.7 Å². The number of carbonyl (C=O) groups is 3. The van der Waals surface area contributed by atoms with Crippen molar-refractivity contribution in [3.63, 3.8) is 0 Å². The molecule has 0 aliphatic heterocycles. The van der Waals surface area contributed by atoms with Gasteiger partial charge in [-0.2, -0.15) is 0 Å². The Morgan fingerprint density at radius 2 is 1.42 bits per heavy atom. The zero-order chi connectivity index (χ0) is 19.1. The van der Waals surface area contributed by atoms with E-state index in [9.17, 15) is 14.4 Å². The van der Waals surface area contributed by atoms with Gasteiger partial charge in [-0.15, -0.1) is 0 Å². The molecule has 2 rings (SSSR count). The normalized spacial score (nSPS) is 11.2. The maximum Gasteiger partial charge on any atom is 0.337 e. The molecule has 7 nitrogen and oxygen atoms in total. The molecule has 0 spiro atoms. The van der Waals surface area contributed by atoms with Crippen LogP contribution < -0.4 is 10.1 Å². The molecule has 0 aliphatic rings. The summed E-state index contributed by atoms with van der Waals surface area (Å²) in [5.74, 6) is -1.17. The average Bonchev–Trinajstić information content (AvgIpc) is 2.67.